The minimum Gasteiger partial charge on any atom is -0.453 e. The molecule has 2 N–H and O–H groups in total. The van der Waals surface area contributed by atoms with Gasteiger partial charge in [-0.25, -0.2) is 4.79 Å². The van der Waals surface area contributed by atoms with Gasteiger partial charge in [0.25, 0.3) is 0 Å². The number of benzene rings is 1. The Balaban J connectivity index is 2.06. The van der Waals surface area contributed by atoms with Crippen molar-refractivity contribution in [2.75, 3.05) is 13.1 Å². The molecule has 0 aliphatic carbocycles. The number of hydrogen-bond donors (Lipinski definition) is 1. The number of halogens is 3. The van der Waals surface area contributed by atoms with Crippen LogP contribution < -0.4 is 5.73 Å². The molecule has 5 nitrogen and oxygen atoms in total. The standard InChI is InChI=1S/C19H25F3N2O3S/c1-12(2)8-14(23)17(25)24-9-15(27-18(26)19(20,21)22)16(10-24)28-11-13-6-4-3-5-7-13/h3-7,12,14-16H,8-11,23H2,1-2H3/t14-,15?,16?/m1/s1. The van der Waals surface area contributed by atoms with E-state index < -0.39 is 29.5 Å². The smallest absolute Gasteiger partial charge is 0.453 e. The van der Waals surface area contributed by atoms with E-state index >= 15 is 0 Å². The number of hydrogen-bond acceptors (Lipinski definition) is 5. The summed E-state index contributed by atoms with van der Waals surface area (Å²) >= 11 is 1.37. The molecule has 0 saturated carbocycles. The number of esters is 1. The summed E-state index contributed by atoms with van der Waals surface area (Å²) in [4.78, 5) is 25.3. The van der Waals surface area contributed by atoms with Crippen LogP contribution in [0, 0.1) is 5.92 Å². The van der Waals surface area contributed by atoms with Gasteiger partial charge in [0.1, 0.15) is 6.10 Å². The highest BCUT2D eigenvalue weighted by Crippen LogP contribution is 2.30. The third kappa shape index (κ3) is 6.41. The molecule has 1 fully saturated rings. The van der Waals surface area contributed by atoms with Crippen molar-refractivity contribution in [3.63, 3.8) is 0 Å². The van der Waals surface area contributed by atoms with Gasteiger partial charge < -0.3 is 15.4 Å². The molecule has 1 heterocycles. The molecule has 3 atom stereocenters. The fourth-order valence-electron chi connectivity index (χ4n) is 3.02. The second kappa shape index (κ2) is 9.65. The van der Waals surface area contributed by atoms with Crippen LogP contribution in [0.1, 0.15) is 25.8 Å². The maximum absolute atomic E-state index is 12.6. The zero-order valence-electron chi connectivity index (χ0n) is 15.8. The van der Waals surface area contributed by atoms with Crippen molar-refractivity contribution in [3.8, 4) is 0 Å². The van der Waals surface area contributed by atoms with Crippen LogP contribution in [0.4, 0.5) is 13.2 Å². The lowest BCUT2D eigenvalue weighted by molar-refractivity contribution is -0.204. The Labute approximate surface area is 166 Å². The molecular weight excluding hydrogens is 393 g/mol. The molecule has 2 rings (SSSR count). The molecule has 1 saturated heterocycles. The predicted molar refractivity (Wildman–Crippen MR) is 101 cm³/mol. The summed E-state index contributed by atoms with van der Waals surface area (Å²) < 4.78 is 42.6. The van der Waals surface area contributed by atoms with Crippen molar-refractivity contribution in [1.82, 2.24) is 4.90 Å². The number of carbonyl (C=O) groups is 2. The monoisotopic (exact) mass is 418 g/mol. The molecule has 1 aromatic rings. The minimum atomic E-state index is -5.07. The summed E-state index contributed by atoms with van der Waals surface area (Å²) in [6.07, 6.45) is -5.62. The topological polar surface area (TPSA) is 72.6 Å². The molecule has 28 heavy (non-hydrogen) atoms. The lowest BCUT2D eigenvalue weighted by Crippen LogP contribution is -2.44. The van der Waals surface area contributed by atoms with E-state index in [1.54, 1.807) is 0 Å². The van der Waals surface area contributed by atoms with Gasteiger partial charge in [-0.3, -0.25) is 4.79 Å². The van der Waals surface area contributed by atoms with Crippen LogP contribution in [0.5, 0.6) is 0 Å². The summed E-state index contributed by atoms with van der Waals surface area (Å²) in [5.41, 5.74) is 6.93. The lowest BCUT2D eigenvalue weighted by atomic mass is 10.0. The second-order valence-electron chi connectivity index (χ2n) is 7.26. The molecule has 156 valence electrons. The Hall–Kier alpha value is -1.74. The van der Waals surface area contributed by atoms with E-state index in [0.717, 1.165) is 5.56 Å². The van der Waals surface area contributed by atoms with Crippen LogP contribution >= 0.6 is 11.8 Å². The van der Waals surface area contributed by atoms with Crippen LogP contribution in [-0.4, -0.2) is 53.4 Å². The quantitative estimate of drug-likeness (QED) is 0.690. The summed E-state index contributed by atoms with van der Waals surface area (Å²) in [6.45, 7) is 3.98. The van der Waals surface area contributed by atoms with Crippen molar-refractivity contribution < 1.29 is 27.5 Å². The van der Waals surface area contributed by atoms with Crippen molar-refractivity contribution in [1.29, 1.82) is 0 Å². The zero-order chi connectivity index (χ0) is 20.9. The first kappa shape index (κ1) is 22.5. The maximum atomic E-state index is 12.6. The lowest BCUT2D eigenvalue weighted by Gasteiger charge is -2.21. The molecule has 1 aliphatic heterocycles. The van der Waals surface area contributed by atoms with Gasteiger partial charge in [-0.15, -0.1) is 11.8 Å². The number of carbonyl (C=O) groups excluding carboxylic acids is 2. The van der Waals surface area contributed by atoms with E-state index in [-0.39, 0.29) is 24.9 Å². The molecule has 9 heteroatoms. The first-order valence-electron chi connectivity index (χ1n) is 9.05. The van der Waals surface area contributed by atoms with Gasteiger partial charge in [-0.05, 0) is 17.9 Å². The summed E-state index contributed by atoms with van der Waals surface area (Å²) in [5.74, 6) is -1.82. The van der Waals surface area contributed by atoms with E-state index in [1.807, 2.05) is 44.2 Å². The number of ether oxygens (including phenoxy) is 1. The first-order chi connectivity index (χ1) is 13.1. The maximum Gasteiger partial charge on any atom is 0.490 e. The highest BCUT2D eigenvalue weighted by Gasteiger charge is 2.46. The van der Waals surface area contributed by atoms with Crippen LogP contribution in [0.15, 0.2) is 30.3 Å². The Bertz CT molecular complexity index is 670. The predicted octanol–water partition coefficient (Wildman–Crippen LogP) is 2.98. The number of nitrogens with zero attached hydrogens (tertiary/aromatic N) is 1. The van der Waals surface area contributed by atoms with Gasteiger partial charge in [-0.2, -0.15) is 13.2 Å². The molecule has 0 spiro atoms. The van der Waals surface area contributed by atoms with Crippen LogP contribution in [0.25, 0.3) is 0 Å². The Morgan fingerprint density at radius 2 is 1.89 bits per heavy atom. The van der Waals surface area contributed by atoms with E-state index in [9.17, 15) is 22.8 Å². The van der Waals surface area contributed by atoms with Crippen molar-refractivity contribution in [2.24, 2.45) is 11.7 Å². The number of likely N-dealkylation sites (tertiary alicyclic amines) is 1. The fraction of sp³-hybridized carbons (Fsp3) is 0.579. The number of alkyl halides is 3. The number of amides is 1. The van der Waals surface area contributed by atoms with Crippen molar-refractivity contribution in [3.05, 3.63) is 35.9 Å². The van der Waals surface area contributed by atoms with Crippen LogP contribution in [-0.2, 0) is 20.1 Å². The molecule has 0 bridgehead atoms. The van der Waals surface area contributed by atoms with E-state index in [2.05, 4.69) is 0 Å². The molecule has 1 aliphatic rings. The van der Waals surface area contributed by atoms with Gasteiger partial charge in [0, 0.05) is 12.3 Å². The van der Waals surface area contributed by atoms with Gasteiger partial charge in [0.15, 0.2) is 0 Å². The molecule has 2 unspecified atom stereocenters. The van der Waals surface area contributed by atoms with Gasteiger partial charge in [0.2, 0.25) is 5.91 Å². The van der Waals surface area contributed by atoms with Crippen LogP contribution in [0.2, 0.25) is 0 Å². The summed E-state index contributed by atoms with van der Waals surface area (Å²) in [5, 5.41) is -0.457. The number of thioether (sulfide) groups is 1. The normalized spacial score (nSPS) is 21.0. The third-order valence-electron chi connectivity index (χ3n) is 4.37. The Morgan fingerprint density at radius 3 is 2.46 bits per heavy atom. The summed E-state index contributed by atoms with van der Waals surface area (Å²) in [7, 11) is 0. The minimum absolute atomic E-state index is 0.0844. The van der Waals surface area contributed by atoms with Crippen molar-refractivity contribution in [2.45, 2.75) is 49.6 Å². The second-order valence-corrected chi connectivity index (χ2v) is 8.48. The third-order valence-corrected chi connectivity index (χ3v) is 5.75. The van der Waals surface area contributed by atoms with Gasteiger partial charge in [-0.1, -0.05) is 44.2 Å². The largest absolute Gasteiger partial charge is 0.490 e. The molecule has 0 radical (unpaired) electrons. The summed E-state index contributed by atoms with van der Waals surface area (Å²) in [6, 6.07) is 8.68. The van der Waals surface area contributed by atoms with Crippen molar-refractivity contribution >= 4 is 23.6 Å². The molecule has 0 aromatic heterocycles. The average molecular weight is 418 g/mol. The highest BCUT2D eigenvalue weighted by atomic mass is 32.2. The van der Waals surface area contributed by atoms with E-state index in [1.165, 1.54) is 16.7 Å². The number of rotatable bonds is 7. The van der Waals surface area contributed by atoms with E-state index in [4.69, 9.17) is 10.5 Å². The average Bonchev–Trinajstić information content (AvgIpc) is 3.01. The Morgan fingerprint density at radius 1 is 1.25 bits per heavy atom. The fourth-order valence-corrected chi connectivity index (χ4v) is 4.26. The molecule has 1 amide bonds. The molecule has 1 aromatic carbocycles. The van der Waals surface area contributed by atoms with E-state index in [0.29, 0.717) is 12.2 Å². The zero-order valence-corrected chi connectivity index (χ0v) is 16.6. The Kier molecular flexibility index (Phi) is 7.77. The molecular formula is C19H25F3N2O3S. The van der Waals surface area contributed by atoms with Gasteiger partial charge >= 0.3 is 12.1 Å². The first-order valence-corrected chi connectivity index (χ1v) is 10.1. The SMILES string of the molecule is CC(C)C[C@@H](N)C(=O)N1CC(OC(=O)C(F)(F)F)C(SCc2ccccc2)C1. The van der Waals surface area contributed by atoms with Gasteiger partial charge in [0.05, 0.1) is 17.8 Å². The number of nitrogens with two attached hydrogens (primary N) is 1. The highest BCUT2D eigenvalue weighted by molar-refractivity contribution is 7.99. The van der Waals surface area contributed by atoms with Crippen LogP contribution in [0.3, 0.4) is 0 Å².